The first kappa shape index (κ1) is 17.3. The Hall–Kier alpha value is -3.04. The fourth-order valence-corrected chi connectivity index (χ4v) is 2.02. The fourth-order valence-electron chi connectivity index (χ4n) is 2.02. The van der Waals surface area contributed by atoms with Crippen LogP contribution in [0.15, 0.2) is 18.3 Å². The Kier molecular flexibility index (Phi) is 4.77. The Morgan fingerprint density at radius 3 is 2.58 bits per heavy atom. The number of halogens is 3. The molecule has 1 aromatic heterocycles. The average molecular weight is 340 g/mol. The number of hydrogen-bond donors (Lipinski definition) is 4. The summed E-state index contributed by atoms with van der Waals surface area (Å²) in [6.07, 6.45) is -2.89. The molecule has 0 unspecified atom stereocenters. The molecule has 0 radical (unpaired) electrons. The number of methoxy groups -OCH3 is 1. The molecule has 7 nitrogen and oxygen atoms in total. The summed E-state index contributed by atoms with van der Waals surface area (Å²) >= 11 is 0. The molecule has 2 aromatic rings. The number of alkyl halides is 3. The van der Waals surface area contributed by atoms with Crippen molar-refractivity contribution in [3.63, 3.8) is 0 Å². The first-order valence-electron chi connectivity index (χ1n) is 6.67. The number of benzene rings is 1. The number of rotatable bonds is 5. The second kappa shape index (κ2) is 6.60. The van der Waals surface area contributed by atoms with E-state index in [1.165, 1.54) is 14.2 Å². The smallest absolute Gasteiger partial charge is 0.421 e. The van der Waals surface area contributed by atoms with E-state index < -0.39 is 11.7 Å². The zero-order chi connectivity index (χ0) is 17.9. The Morgan fingerprint density at radius 2 is 2.04 bits per heavy atom. The highest BCUT2D eigenvalue weighted by Gasteiger charge is 2.35. The number of aromatic nitrogens is 2. The molecule has 10 heteroatoms. The number of hydrogen-bond acceptors (Lipinski definition) is 7. The molecule has 0 bridgehead atoms. The van der Waals surface area contributed by atoms with E-state index in [4.69, 9.17) is 15.9 Å². The van der Waals surface area contributed by atoms with Crippen LogP contribution in [0.1, 0.15) is 11.1 Å². The van der Waals surface area contributed by atoms with Crippen LogP contribution in [-0.2, 0) is 6.18 Å². The minimum Gasteiger partial charge on any atom is -0.495 e. The van der Waals surface area contributed by atoms with Gasteiger partial charge in [-0.1, -0.05) is 0 Å². The number of anilines is 4. The predicted octanol–water partition coefficient (Wildman–Crippen LogP) is 2.87. The predicted molar refractivity (Wildman–Crippen MR) is 85.2 cm³/mol. The van der Waals surface area contributed by atoms with Crippen LogP contribution >= 0.6 is 0 Å². The van der Waals surface area contributed by atoms with Crippen LogP contribution < -0.4 is 21.1 Å². The van der Waals surface area contributed by atoms with Gasteiger partial charge >= 0.3 is 6.18 Å². The minimum absolute atomic E-state index is 0.0694. The molecule has 24 heavy (non-hydrogen) atoms. The van der Waals surface area contributed by atoms with E-state index in [-0.39, 0.29) is 17.5 Å². The van der Waals surface area contributed by atoms with Crippen molar-refractivity contribution in [2.24, 2.45) is 0 Å². The Labute approximate surface area is 135 Å². The van der Waals surface area contributed by atoms with Gasteiger partial charge < -0.3 is 26.5 Å². The van der Waals surface area contributed by atoms with Gasteiger partial charge in [0.1, 0.15) is 17.1 Å². The van der Waals surface area contributed by atoms with Gasteiger partial charge in [0.15, 0.2) is 0 Å². The highest BCUT2D eigenvalue weighted by atomic mass is 19.4. The van der Waals surface area contributed by atoms with E-state index in [1.54, 1.807) is 12.1 Å². The van der Waals surface area contributed by atoms with Crippen molar-refractivity contribution >= 4 is 29.4 Å². The van der Waals surface area contributed by atoms with Crippen molar-refractivity contribution < 1.29 is 17.9 Å². The summed E-state index contributed by atoms with van der Waals surface area (Å²) in [6.45, 7) is 0. The topological polar surface area (TPSA) is 109 Å². The van der Waals surface area contributed by atoms with E-state index >= 15 is 0 Å². The quantitative estimate of drug-likeness (QED) is 0.492. The summed E-state index contributed by atoms with van der Waals surface area (Å²) in [7, 11) is 2.76. The van der Waals surface area contributed by atoms with Crippen LogP contribution in [-0.4, -0.2) is 30.3 Å². The SMILES string of the molecule is CNc1nc(Nc2ccc(OC)c(N)c2C=N)ncc1C(F)(F)F. The van der Waals surface area contributed by atoms with Crippen molar-refractivity contribution in [1.29, 1.82) is 5.41 Å². The largest absolute Gasteiger partial charge is 0.495 e. The Morgan fingerprint density at radius 1 is 1.33 bits per heavy atom. The molecule has 1 aromatic carbocycles. The summed E-state index contributed by atoms with van der Waals surface area (Å²) in [4.78, 5) is 7.47. The number of ether oxygens (including phenoxy) is 1. The third-order valence-corrected chi connectivity index (χ3v) is 3.19. The standard InChI is InChI=1S/C14H15F3N6O/c1-20-12-8(14(15,16)17)6-21-13(23-12)22-9-3-4-10(24-2)11(19)7(9)5-18/h3-6,18H,19H2,1-2H3,(H2,20,21,22,23). The number of nitrogens with two attached hydrogens (primary N) is 1. The molecule has 0 saturated carbocycles. The van der Waals surface area contributed by atoms with Crippen LogP contribution in [0.3, 0.4) is 0 Å². The number of nitrogens with zero attached hydrogens (tertiary/aromatic N) is 2. The molecule has 0 aliphatic rings. The van der Waals surface area contributed by atoms with Crippen molar-refractivity contribution in [2.75, 3.05) is 30.5 Å². The summed E-state index contributed by atoms with van der Waals surface area (Å²) in [5.74, 6) is -0.0544. The summed E-state index contributed by atoms with van der Waals surface area (Å²) in [5.41, 5.74) is 5.80. The lowest BCUT2D eigenvalue weighted by Gasteiger charge is -2.15. The van der Waals surface area contributed by atoms with Crippen molar-refractivity contribution in [3.05, 3.63) is 29.5 Å². The molecule has 0 amide bonds. The highest BCUT2D eigenvalue weighted by Crippen LogP contribution is 2.35. The van der Waals surface area contributed by atoms with Gasteiger partial charge in [0, 0.05) is 25.0 Å². The molecule has 0 atom stereocenters. The lowest BCUT2D eigenvalue weighted by molar-refractivity contribution is -0.137. The van der Waals surface area contributed by atoms with Gasteiger partial charge in [-0.05, 0) is 12.1 Å². The zero-order valence-electron chi connectivity index (χ0n) is 12.8. The van der Waals surface area contributed by atoms with Gasteiger partial charge in [-0.2, -0.15) is 18.2 Å². The first-order chi connectivity index (χ1) is 11.3. The van der Waals surface area contributed by atoms with E-state index in [1.807, 2.05) is 0 Å². The molecule has 0 saturated heterocycles. The van der Waals surface area contributed by atoms with Crippen LogP contribution in [0.5, 0.6) is 5.75 Å². The molecule has 5 N–H and O–H groups in total. The minimum atomic E-state index is -4.57. The molecule has 1 heterocycles. The molecule has 0 aliphatic heterocycles. The van der Waals surface area contributed by atoms with Crippen LogP contribution in [0.2, 0.25) is 0 Å². The van der Waals surface area contributed by atoms with E-state index in [0.717, 1.165) is 6.21 Å². The first-order valence-corrected chi connectivity index (χ1v) is 6.67. The molecule has 128 valence electrons. The molecule has 2 rings (SSSR count). The van der Waals surface area contributed by atoms with Gasteiger partial charge in [-0.25, -0.2) is 4.98 Å². The van der Waals surface area contributed by atoms with E-state index in [2.05, 4.69) is 20.6 Å². The maximum Gasteiger partial charge on any atom is 0.421 e. The summed E-state index contributed by atoms with van der Waals surface area (Å²) in [6, 6.07) is 3.13. The second-order valence-corrected chi connectivity index (χ2v) is 4.62. The van der Waals surface area contributed by atoms with Gasteiger partial charge in [-0.3, -0.25) is 0 Å². The van der Waals surface area contributed by atoms with Gasteiger partial charge in [-0.15, -0.1) is 0 Å². The summed E-state index contributed by atoms with van der Waals surface area (Å²) < 4.78 is 43.6. The third-order valence-electron chi connectivity index (χ3n) is 3.19. The normalized spacial score (nSPS) is 11.0. The van der Waals surface area contributed by atoms with Crippen molar-refractivity contribution in [3.8, 4) is 5.75 Å². The molecular formula is C14H15F3N6O. The fraction of sp³-hybridized carbons (Fsp3) is 0.214. The maximum atomic E-state index is 12.8. The highest BCUT2D eigenvalue weighted by molar-refractivity contribution is 5.95. The Balaban J connectivity index is 2.42. The summed E-state index contributed by atoms with van der Waals surface area (Å²) in [5, 5.41) is 12.6. The monoisotopic (exact) mass is 340 g/mol. The average Bonchev–Trinajstić information content (AvgIpc) is 2.54. The number of nitrogens with one attached hydrogen (secondary N) is 3. The zero-order valence-corrected chi connectivity index (χ0v) is 12.8. The third kappa shape index (κ3) is 3.31. The molecule has 0 aliphatic carbocycles. The van der Waals surface area contributed by atoms with Gasteiger partial charge in [0.25, 0.3) is 0 Å². The van der Waals surface area contributed by atoms with Gasteiger partial charge in [0.2, 0.25) is 5.95 Å². The van der Waals surface area contributed by atoms with Crippen molar-refractivity contribution in [2.45, 2.75) is 6.18 Å². The lowest BCUT2D eigenvalue weighted by Crippen LogP contribution is -2.13. The van der Waals surface area contributed by atoms with Crippen LogP contribution in [0.25, 0.3) is 0 Å². The Bertz CT molecular complexity index is 763. The van der Waals surface area contributed by atoms with Crippen LogP contribution in [0, 0.1) is 5.41 Å². The van der Waals surface area contributed by atoms with E-state index in [9.17, 15) is 13.2 Å². The lowest BCUT2D eigenvalue weighted by atomic mass is 10.1. The van der Waals surface area contributed by atoms with Crippen molar-refractivity contribution in [1.82, 2.24) is 9.97 Å². The number of nitrogen functional groups attached to an aromatic ring is 1. The second-order valence-electron chi connectivity index (χ2n) is 4.62. The molecule has 0 fully saturated rings. The van der Waals surface area contributed by atoms with Gasteiger partial charge in [0.05, 0.1) is 18.5 Å². The van der Waals surface area contributed by atoms with E-state index in [0.29, 0.717) is 23.2 Å². The molecule has 0 spiro atoms. The maximum absolute atomic E-state index is 12.8. The van der Waals surface area contributed by atoms with Crippen LogP contribution in [0.4, 0.5) is 36.3 Å². The molecular weight excluding hydrogens is 325 g/mol.